The Morgan fingerprint density at radius 3 is 2.94 bits per heavy atom. The van der Waals surface area contributed by atoms with Gasteiger partial charge in [0.2, 0.25) is 0 Å². The van der Waals surface area contributed by atoms with Crippen molar-refractivity contribution in [1.82, 2.24) is 10.1 Å². The lowest BCUT2D eigenvalue weighted by molar-refractivity contribution is 0.379. The second-order valence-corrected chi connectivity index (χ2v) is 4.33. The highest BCUT2D eigenvalue weighted by Gasteiger charge is 2.33. The van der Waals surface area contributed by atoms with Crippen molar-refractivity contribution in [3.8, 4) is 11.3 Å². The van der Waals surface area contributed by atoms with Crippen molar-refractivity contribution in [2.45, 2.75) is 32.1 Å². The molecule has 0 atom stereocenters. The van der Waals surface area contributed by atoms with E-state index in [0.717, 1.165) is 36.3 Å². The Labute approximate surface area is 98.7 Å². The lowest BCUT2D eigenvalue weighted by atomic mass is 10.0. The van der Waals surface area contributed by atoms with Crippen molar-refractivity contribution in [2.24, 2.45) is 0 Å². The Balaban J connectivity index is 2.18. The van der Waals surface area contributed by atoms with Crippen LogP contribution in [0.2, 0.25) is 0 Å². The number of hydrogen-bond donors (Lipinski definition) is 0. The molecule has 2 aromatic heterocycles. The molecular weight excluding hydrogens is 219 g/mol. The lowest BCUT2D eigenvalue weighted by Gasteiger charge is -2.02. The Kier molecular flexibility index (Phi) is 2.42. The minimum absolute atomic E-state index is 0.313. The fraction of sp³-hybridized carbons (Fsp3) is 0.385. The van der Waals surface area contributed by atoms with E-state index in [1.54, 1.807) is 12.3 Å². The molecule has 2 heterocycles. The number of hydrogen-bond acceptors (Lipinski definition) is 3. The van der Waals surface area contributed by atoms with Crippen LogP contribution >= 0.6 is 0 Å². The summed E-state index contributed by atoms with van der Waals surface area (Å²) < 4.78 is 19.2. The zero-order valence-electron chi connectivity index (χ0n) is 9.61. The normalized spacial score (nSPS) is 15.2. The van der Waals surface area contributed by atoms with Gasteiger partial charge in [0, 0.05) is 12.1 Å². The van der Waals surface area contributed by atoms with E-state index in [0.29, 0.717) is 11.6 Å². The molecule has 1 aliphatic carbocycles. The third-order valence-electron chi connectivity index (χ3n) is 3.07. The second-order valence-electron chi connectivity index (χ2n) is 4.33. The zero-order valence-corrected chi connectivity index (χ0v) is 9.61. The molecule has 3 nitrogen and oxygen atoms in total. The monoisotopic (exact) mass is 232 g/mol. The molecule has 1 aliphatic rings. The van der Waals surface area contributed by atoms with Crippen molar-refractivity contribution < 1.29 is 8.91 Å². The fourth-order valence-electron chi connectivity index (χ4n) is 2.03. The van der Waals surface area contributed by atoms with Crippen LogP contribution in [-0.4, -0.2) is 10.1 Å². The number of nitrogens with zero attached hydrogens (tertiary/aromatic N) is 2. The topological polar surface area (TPSA) is 38.9 Å². The van der Waals surface area contributed by atoms with Crippen LogP contribution in [0.25, 0.3) is 11.3 Å². The van der Waals surface area contributed by atoms with Crippen molar-refractivity contribution >= 4 is 0 Å². The summed E-state index contributed by atoms with van der Waals surface area (Å²) in [4.78, 5) is 4.13. The second kappa shape index (κ2) is 3.95. The van der Waals surface area contributed by atoms with Gasteiger partial charge >= 0.3 is 0 Å². The van der Waals surface area contributed by atoms with Crippen LogP contribution in [0, 0.1) is 5.82 Å². The van der Waals surface area contributed by atoms with Gasteiger partial charge in [-0.15, -0.1) is 0 Å². The van der Waals surface area contributed by atoms with Crippen LogP contribution in [0.15, 0.2) is 22.9 Å². The fourth-order valence-corrected chi connectivity index (χ4v) is 2.03. The number of aromatic nitrogens is 2. The molecular formula is C13H13FN2O. The summed E-state index contributed by atoms with van der Waals surface area (Å²) in [5.74, 6) is 0.894. The maximum absolute atomic E-state index is 13.8. The van der Waals surface area contributed by atoms with E-state index in [1.165, 1.54) is 6.07 Å². The summed E-state index contributed by atoms with van der Waals surface area (Å²) >= 11 is 0. The molecule has 0 unspecified atom stereocenters. The Bertz CT molecular complexity index is 546. The molecule has 0 saturated heterocycles. The van der Waals surface area contributed by atoms with Crippen molar-refractivity contribution in [2.75, 3.05) is 0 Å². The van der Waals surface area contributed by atoms with Gasteiger partial charge in [0.25, 0.3) is 0 Å². The van der Waals surface area contributed by atoms with Gasteiger partial charge in [0.15, 0.2) is 0 Å². The minimum Gasteiger partial charge on any atom is -0.360 e. The van der Waals surface area contributed by atoms with E-state index in [1.807, 2.05) is 6.92 Å². The van der Waals surface area contributed by atoms with Crippen molar-refractivity contribution in [1.29, 1.82) is 0 Å². The van der Waals surface area contributed by atoms with Crippen LogP contribution in [-0.2, 0) is 6.42 Å². The average Bonchev–Trinajstić information content (AvgIpc) is 3.10. The molecule has 0 aromatic carbocycles. The summed E-state index contributed by atoms with van der Waals surface area (Å²) in [7, 11) is 0. The number of pyridine rings is 1. The first-order chi connectivity index (χ1) is 8.31. The SMILES string of the molecule is CCc1noc(C2CC2)c1-c1ncccc1F. The van der Waals surface area contributed by atoms with E-state index in [-0.39, 0.29) is 5.82 Å². The highest BCUT2D eigenvalue weighted by molar-refractivity contribution is 5.66. The number of aryl methyl sites for hydroxylation is 1. The molecule has 0 bridgehead atoms. The van der Waals surface area contributed by atoms with Crippen molar-refractivity contribution in [3.05, 3.63) is 35.6 Å². The molecule has 0 radical (unpaired) electrons. The summed E-state index contributed by atoms with van der Waals surface area (Å²) in [6.07, 6.45) is 4.52. The molecule has 1 fully saturated rings. The highest BCUT2D eigenvalue weighted by Crippen LogP contribution is 2.45. The molecule has 0 spiro atoms. The van der Waals surface area contributed by atoms with Gasteiger partial charge in [-0.2, -0.15) is 0 Å². The predicted molar refractivity (Wildman–Crippen MR) is 61.0 cm³/mol. The molecule has 0 amide bonds. The van der Waals surface area contributed by atoms with Gasteiger partial charge in [-0.05, 0) is 31.4 Å². The molecule has 88 valence electrons. The third-order valence-corrected chi connectivity index (χ3v) is 3.07. The van der Waals surface area contributed by atoms with Crippen molar-refractivity contribution in [3.63, 3.8) is 0 Å². The zero-order chi connectivity index (χ0) is 11.8. The maximum atomic E-state index is 13.8. The van der Waals surface area contributed by atoms with Crippen LogP contribution in [0.1, 0.15) is 37.1 Å². The van der Waals surface area contributed by atoms with E-state index in [2.05, 4.69) is 10.1 Å². The molecule has 3 rings (SSSR count). The van der Waals surface area contributed by atoms with E-state index in [4.69, 9.17) is 4.52 Å². The predicted octanol–water partition coefficient (Wildman–Crippen LogP) is 3.32. The largest absolute Gasteiger partial charge is 0.360 e. The Morgan fingerprint density at radius 2 is 2.29 bits per heavy atom. The summed E-state index contributed by atoms with van der Waals surface area (Å²) in [5.41, 5.74) is 1.94. The van der Waals surface area contributed by atoms with Crippen LogP contribution in [0.5, 0.6) is 0 Å². The highest BCUT2D eigenvalue weighted by atomic mass is 19.1. The van der Waals surface area contributed by atoms with Crippen LogP contribution in [0.3, 0.4) is 0 Å². The summed E-state index contributed by atoms with van der Waals surface area (Å²) in [6.45, 7) is 1.98. The quantitative estimate of drug-likeness (QED) is 0.814. The van der Waals surface area contributed by atoms with Gasteiger partial charge in [0.1, 0.15) is 17.3 Å². The minimum atomic E-state index is -0.313. The van der Waals surface area contributed by atoms with Gasteiger partial charge in [0.05, 0.1) is 11.3 Å². The van der Waals surface area contributed by atoms with Gasteiger partial charge < -0.3 is 4.52 Å². The first kappa shape index (κ1) is 10.4. The Hall–Kier alpha value is -1.71. The number of rotatable bonds is 3. The summed E-state index contributed by atoms with van der Waals surface area (Å²) in [6, 6.07) is 3.01. The first-order valence-electron chi connectivity index (χ1n) is 5.90. The molecule has 1 saturated carbocycles. The molecule has 2 aromatic rings. The molecule has 0 N–H and O–H groups in total. The van der Waals surface area contributed by atoms with Crippen LogP contribution in [0.4, 0.5) is 4.39 Å². The maximum Gasteiger partial charge on any atom is 0.149 e. The number of halogens is 1. The van der Waals surface area contributed by atoms with E-state index >= 15 is 0 Å². The van der Waals surface area contributed by atoms with Gasteiger partial charge in [-0.3, -0.25) is 4.98 Å². The van der Waals surface area contributed by atoms with Crippen LogP contribution < -0.4 is 0 Å². The van der Waals surface area contributed by atoms with Gasteiger partial charge in [-0.25, -0.2) is 4.39 Å². The lowest BCUT2D eigenvalue weighted by Crippen LogP contribution is -1.94. The third kappa shape index (κ3) is 1.73. The first-order valence-corrected chi connectivity index (χ1v) is 5.90. The summed E-state index contributed by atoms with van der Waals surface area (Å²) in [5, 5.41) is 4.03. The average molecular weight is 232 g/mol. The Morgan fingerprint density at radius 1 is 1.47 bits per heavy atom. The van der Waals surface area contributed by atoms with Gasteiger partial charge in [-0.1, -0.05) is 12.1 Å². The standard InChI is InChI=1S/C13H13FN2O/c1-2-10-11(12-9(14)4-3-7-15-12)13(17-16-10)8-5-6-8/h3-4,7-8H,2,5-6H2,1H3. The van der Waals surface area contributed by atoms with E-state index < -0.39 is 0 Å². The molecule has 4 heteroatoms. The molecule has 17 heavy (non-hydrogen) atoms. The smallest absolute Gasteiger partial charge is 0.149 e. The van der Waals surface area contributed by atoms with E-state index in [9.17, 15) is 4.39 Å². The molecule has 0 aliphatic heterocycles.